The van der Waals surface area contributed by atoms with Gasteiger partial charge in [0.25, 0.3) is 0 Å². The lowest BCUT2D eigenvalue weighted by Gasteiger charge is -2.12. The van der Waals surface area contributed by atoms with Crippen LogP contribution in [-0.4, -0.2) is 25.1 Å². The van der Waals surface area contributed by atoms with Crippen molar-refractivity contribution in [3.8, 4) is 18.0 Å². The molecule has 0 spiro atoms. The molecule has 0 aliphatic carbocycles. The van der Waals surface area contributed by atoms with Gasteiger partial charge in [0, 0.05) is 6.20 Å². The number of aromatic nitrogens is 1. The van der Waals surface area contributed by atoms with Crippen LogP contribution in [0.5, 0.6) is 5.88 Å². The Hall–Kier alpha value is -3.12. The molecular weight excluding hydrogens is 256 g/mol. The monoisotopic (exact) mass is 266 g/mol. The molecule has 1 aromatic rings. The largest absolute Gasteiger partial charge is 0.481 e. The zero-order valence-corrected chi connectivity index (χ0v) is 10.9. The number of ether oxygens (including phenoxy) is 2. The second kappa shape index (κ2) is 5.68. The Morgan fingerprint density at radius 2 is 1.95 bits per heavy atom. The summed E-state index contributed by atoms with van der Waals surface area (Å²) in [5.74, 6) is 0.441. The Kier molecular flexibility index (Phi) is 3.78. The topological polar surface area (TPSA) is 91.3 Å². The number of nitrogens with zero attached hydrogens (tertiary/aromatic N) is 4. The molecule has 0 bridgehead atoms. The summed E-state index contributed by atoms with van der Waals surface area (Å²) >= 11 is 0. The molecule has 1 aromatic heterocycles. The minimum atomic E-state index is 0.160. The lowest BCUT2D eigenvalue weighted by Crippen LogP contribution is -2.11. The molecule has 6 nitrogen and oxygen atoms in total. The summed E-state index contributed by atoms with van der Waals surface area (Å²) < 4.78 is 10.3. The zero-order valence-electron chi connectivity index (χ0n) is 10.9. The number of hydrogen-bond acceptors (Lipinski definition) is 6. The van der Waals surface area contributed by atoms with Crippen molar-refractivity contribution in [3.05, 3.63) is 41.2 Å². The van der Waals surface area contributed by atoms with Crippen LogP contribution in [0.1, 0.15) is 16.8 Å². The van der Waals surface area contributed by atoms with Crippen molar-refractivity contribution in [1.29, 1.82) is 10.5 Å². The SMILES string of the molecule is COC1=N/C=C\C=C(\C#N)c2nc(OC)c(C#N)cc21. The van der Waals surface area contributed by atoms with Crippen LogP contribution in [0.4, 0.5) is 0 Å². The first-order valence-corrected chi connectivity index (χ1v) is 5.63. The van der Waals surface area contributed by atoms with Gasteiger partial charge in [-0.25, -0.2) is 9.98 Å². The first-order valence-electron chi connectivity index (χ1n) is 5.63. The average Bonchev–Trinajstić information content (AvgIpc) is 2.48. The summed E-state index contributed by atoms with van der Waals surface area (Å²) in [6.45, 7) is 0. The van der Waals surface area contributed by atoms with E-state index in [0.717, 1.165) is 0 Å². The second-order valence-electron chi connectivity index (χ2n) is 3.73. The van der Waals surface area contributed by atoms with Crippen molar-refractivity contribution in [2.75, 3.05) is 14.2 Å². The highest BCUT2D eigenvalue weighted by Gasteiger charge is 2.20. The molecule has 0 N–H and O–H groups in total. The zero-order chi connectivity index (χ0) is 14.5. The van der Waals surface area contributed by atoms with Crippen molar-refractivity contribution in [3.63, 3.8) is 0 Å². The number of allylic oxidation sites excluding steroid dienone is 3. The van der Waals surface area contributed by atoms with Crippen LogP contribution in [0.15, 0.2) is 29.4 Å². The number of methoxy groups -OCH3 is 2. The Morgan fingerprint density at radius 1 is 1.15 bits per heavy atom. The number of pyridine rings is 1. The predicted molar refractivity (Wildman–Crippen MR) is 71.8 cm³/mol. The molecule has 2 heterocycles. The molecule has 0 aromatic carbocycles. The molecule has 0 atom stereocenters. The van der Waals surface area contributed by atoms with E-state index in [0.29, 0.717) is 16.8 Å². The summed E-state index contributed by atoms with van der Waals surface area (Å²) in [6, 6.07) is 5.60. The van der Waals surface area contributed by atoms with Crippen LogP contribution < -0.4 is 4.74 Å². The van der Waals surface area contributed by atoms with E-state index in [1.165, 1.54) is 20.4 Å². The van der Waals surface area contributed by atoms with E-state index in [1.54, 1.807) is 18.2 Å². The highest BCUT2D eigenvalue weighted by Crippen LogP contribution is 2.26. The van der Waals surface area contributed by atoms with Gasteiger partial charge < -0.3 is 9.47 Å². The fourth-order valence-corrected chi connectivity index (χ4v) is 1.75. The fourth-order valence-electron chi connectivity index (χ4n) is 1.75. The minimum absolute atomic E-state index is 0.160. The van der Waals surface area contributed by atoms with Crippen LogP contribution in [-0.2, 0) is 4.74 Å². The molecule has 0 fully saturated rings. The predicted octanol–water partition coefficient (Wildman–Crippen LogP) is 1.79. The quantitative estimate of drug-likeness (QED) is 0.772. The third kappa shape index (κ3) is 2.23. The normalized spacial score (nSPS) is 17.0. The maximum Gasteiger partial charge on any atom is 0.232 e. The van der Waals surface area contributed by atoms with Crippen molar-refractivity contribution in [1.82, 2.24) is 4.98 Å². The highest BCUT2D eigenvalue weighted by atomic mass is 16.5. The van der Waals surface area contributed by atoms with Crippen LogP contribution in [0.25, 0.3) is 5.57 Å². The molecule has 20 heavy (non-hydrogen) atoms. The van der Waals surface area contributed by atoms with Gasteiger partial charge in [-0.2, -0.15) is 10.5 Å². The number of hydrogen-bond donors (Lipinski definition) is 0. The third-order valence-electron chi connectivity index (χ3n) is 2.64. The van der Waals surface area contributed by atoms with E-state index in [2.05, 4.69) is 16.0 Å². The van der Waals surface area contributed by atoms with E-state index >= 15 is 0 Å². The lowest BCUT2D eigenvalue weighted by molar-refractivity contribution is 0.393. The van der Waals surface area contributed by atoms with Crippen molar-refractivity contribution < 1.29 is 9.47 Å². The van der Waals surface area contributed by atoms with Gasteiger partial charge in [-0.05, 0) is 18.2 Å². The second-order valence-corrected chi connectivity index (χ2v) is 3.73. The van der Waals surface area contributed by atoms with Gasteiger partial charge in [-0.1, -0.05) is 0 Å². The summed E-state index contributed by atoms with van der Waals surface area (Å²) in [7, 11) is 2.88. The average molecular weight is 266 g/mol. The van der Waals surface area contributed by atoms with Gasteiger partial charge in [-0.15, -0.1) is 0 Å². The van der Waals surface area contributed by atoms with Gasteiger partial charge in [0.1, 0.15) is 17.7 Å². The summed E-state index contributed by atoms with van der Waals surface area (Å²) in [5, 5.41) is 18.3. The van der Waals surface area contributed by atoms with Crippen molar-refractivity contribution in [2.24, 2.45) is 4.99 Å². The van der Waals surface area contributed by atoms with E-state index in [4.69, 9.17) is 14.7 Å². The van der Waals surface area contributed by atoms with Gasteiger partial charge >= 0.3 is 0 Å². The van der Waals surface area contributed by atoms with E-state index < -0.39 is 0 Å². The summed E-state index contributed by atoms with van der Waals surface area (Å²) in [6.07, 6.45) is 4.72. The van der Waals surface area contributed by atoms with E-state index in [9.17, 15) is 5.26 Å². The van der Waals surface area contributed by atoms with Crippen LogP contribution >= 0.6 is 0 Å². The Balaban J connectivity index is 2.80. The van der Waals surface area contributed by atoms with Crippen molar-refractivity contribution >= 4 is 11.5 Å². The number of aliphatic imine (C=N–C) groups is 1. The molecule has 1 aliphatic rings. The highest BCUT2D eigenvalue weighted by molar-refractivity contribution is 6.01. The van der Waals surface area contributed by atoms with Crippen LogP contribution in [0, 0.1) is 22.7 Å². The molecule has 6 heteroatoms. The standard InChI is InChI=1S/C14H10N4O2/c1-19-13-10(8-16)6-11-12(18-13)9(7-15)4-3-5-17-14(11)20-2/h3-6H,1-2H3/b4-3?,5-3-,9-4-,12-9?,14-11?,17-5?,17-14?. The maximum atomic E-state index is 9.22. The molecule has 2 rings (SSSR count). The molecule has 0 saturated carbocycles. The van der Waals surface area contributed by atoms with Crippen LogP contribution in [0.2, 0.25) is 0 Å². The summed E-state index contributed by atoms with van der Waals surface area (Å²) in [5.41, 5.74) is 1.43. The van der Waals surface area contributed by atoms with E-state index in [1.807, 2.05) is 6.07 Å². The van der Waals surface area contributed by atoms with Gasteiger partial charge in [-0.3, -0.25) is 0 Å². The number of nitriles is 2. The third-order valence-corrected chi connectivity index (χ3v) is 2.64. The Bertz CT molecular complexity index is 718. The van der Waals surface area contributed by atoms with Gasteiger partial charge in [0.15, 0.2) is 0 Å². The number of rotatable bonds is 1. The first kappa shape index (κ1) is 13.3. The number of fused-ring (bicyclic) bond motifs is 1. The molecule has 0 radical (unpaired) electrons. The molecule has 98 valence electrons. The smallest absolute Gasteiger partial charge is 0.232 e. The van der Waals surface area contributed by atoms with Gasteiger partial charge in [0.2, 0.25) is 11.8 Å². The van der Waals surface area contributed by atoms with Crippen molar-refractivity contribution in [2.45, 2.75) is 0 Å². The maximum absolute atomic E-state index is 9.22. The Morgan fingerprint density at radius 3 is 2.55 bits per heavy atom. The fraction of sp³-hybridized carbons (Fsp3) is 0.143. The molecule has 0 amide bonds. The minimum Gasteiger partial charge on any atom is -0.481 e. The molecular formula is C14H10N4O2. The molecule has 0 saturated heterocycles. The van der Waals surface area contributed by atoms with Gasteiger partial charge in [0.05, 0.1) is 31.1 Å². The van der Waals surface area contributed by atoms with Crippen LogP contribution in [0.3, 0.4) is 0 Å². The molecule has 0 unspecified atom stereocenters. The summed E-state index contributed by atoms with van der Waals surface area (Å²) in [4.78, 5) is 8.34. The first-order chi connectivity index (χ1) is 9.74. The van der Waals surface area contributed by atoms with E-state index in [-0.39, 0.29) is 17.3 Å². The lowest BCUT2D eigenvalue weighted by atomic mass is 10.0. The Labute approximate surface area is 115 Å². The molecule has 1 aliphatic heterocycles.